The van der Waals surface area contributed by atoms with E-state index >= 15 is 0 Å². The number of nitrogens with two attached hydrogens (primary N) is 1. The summed E-state index contributed by atoms with van der Waals surface area (Å²) in [4.78, 5) is 42.0. The Hall–Kier alpha value is -0.900. The number of nitrogen functional groups attached to an aromatic ring is 1. The monoisotopic (exact) mass is 511 g/mol. The Bertz CT molecular complexity index is 889. The van der Waals surface area contributed by atoms with Crippen LogP contribution in [-0.2, 0) is 22.7 Å². The predicted octanol–water partition coefficient (Wildman–Crippen LogP) is -1.56. The highest BCUT2D eigenvalue weighted by atomic mass is 79.9. The van der Waals surface area contributed by atoms with Crippen molar-refractivity contribution in [2.24, 2.45) is 0 Å². The minimum Gasteiger partial charge on any atom is -0.481 e. The molecule has 1 unspecified atom stereocenters. The van der Waals surface area contributed by atoms with Crippen molar-refractivity contribution < 1.29 is 52.3 Å². The Labute approximate surface area is 164 Å². The fourth-order valence-corrected chi connectivity index (χ4v) is 4.37. The van der Waals surface area contributed by atoms with Gasteiger partial charge in [0.1, 0.15) is 28.6 Å². The van der Waals surface area contributed by atoms with Crippen LogP contribution in [0.1, 0.15) is 6.23 Å². The van der Waals surface area contributed by atoms with Gasteiger partial charge in [0.2, 0.25) is 5.88 Å². The summed E-state index contributed by atoms with van der Waals surface area (Å²) < 4.78 is 41.2. The number of phosphoric ester groups is 1. The highest BCUT2D eigenvalue weighted by Crippen LogP contribution is 2.57. The highest BCUT2D eigenvalue weighted by Gasteiger charge is 2.47. The van der Waals surface area contributed by atoms with Crippen molar-refractivity contribution in [3.05, 3.63) is 15.0 Å². The van der Waals surface area contributed by atoms with Crippen molar-refractivity contribution in [2.75, 3.05) is 19.5 Å². The average molecular weight is 512 g/mol. The van der Waals surface area contributed by atoms with Gasteiger partial charge in [0.25, 0.3) is 0 Å². The Morgan fingerprint density at radius 3 is 2.43 bits per heavy atom. The minimum atomic E-state index is -5.34. The minimum absolute atomic E-state index is 0.0643. The standard InChI is InChI=1S/C10H16BrN3O12P2/c1-23-8-4(11)7(12)13-10(17)14(8)9-6(16)5(15)3(25-9)2-24-28(21,22)26-27(18,19)20/h3,5-6,9,15-16H,2H2,1H3,(H,21,22)(H2,12,13,17)(H2,18,19,20)/t3-,5-,6-,9-/m1/s1. The molecular formula is C10H16BrN3O12P2. The molecular weight excluding hydrogens is 496 g/mol. The molecule has 15 nitrogen and oxygen atoms in total. The lowest BCUT2D eigenvalue weighted by molar-refractivity contribution is -0.0571. The van der Waals surface area contributed by atoms with Gasteiger partial charge in [-0.2, -0.15) is 9.29 Å². The van der Waals surface area contributed by atoms with Crippen LogP contribution < -0.4 is 16.2 Å². The topological polar surface area (TPSA) is 233 Å². The number of phosphoric acid groups is 2. The van der Waals surface area contributed by atoms with Crippen LogP contribution in [-0.4, -0.2) is 66.5 Å². The molecule has 1 fully saturated rings. The first-order valence-corrected chi connectivity index (χ1v) is 11.0. The Kier molecular flexibility index (Phi) is 7.06. The van der Waals surface area contributed by atoms with Crippen LogP contribution in [0, 0.1) is 0 Å². The Morgan fingerprint density at radius 1 is 1.29 bits per heavy atom. The second-order valence-electron chi connectivity index (χ2n) is 5.36. The second kappa shape index (κ2) is 8.45. The number of ether oxygens (including phenoxy) is 2. The number of halogens is 1. The van der Waals surface area contributed by atoms with Gasteiger partial charge in [-0.15, -0.1) is 0 Å². The number of aromatic nitrogens is 2. The van der Waals surface area contributed by atoms with E-state index < -0.39 is 52.5 Å². The van der Waals surface area contributed by atoms with Crippen molar-refractivity contribution in [2.45, 2.75) is 24.5 Å². The lowest BCUT2D eigenvalue weighted by Crippen LogP contribution is -2.37. The van der Waals surface area contributed by atoms with Crippen molar-refractivity contribution in [3.8, 4) is 5.88 Å². The zero-order chi connectivity index (χ0) is 21.4. The third-order valence-electron chi connectivity index (χ3n) is 3.45. The van der Waals surface area contributed by atoms with E-state index in [9.17, 15) is 29.0 Å². The van der Waals surface area contributed by atoms with Gasteiger partial charge in [0.15, 0.2) is 6.23 Å². The van der Waals surface area contributed by atoms with E-state index in [1.807, 2.05) is 0 Å². The Morgan fingerprint density at radius 2 is 1.89 bits per heavy atom. The van der Waals surface area contributed by atoms with Crippen LogP contribution in [0.2, 0.25) is 0 Å². The van der Waals surface area contributed by atoms with Crippen molar-refractivity contribution >= 4 is 37.4 Å². The number of hydrogen-bond donors (Lipinski definition) is 6. The summed E-state index contributed by atoms with van der Waals surface area (Å²) in [6, 6.07) is 0. The quantitative estimate of drug-likeness (QED) is 0.227. The maximum atomic E-state index is 12.2. The molecule has 0 aliphatic carbocycles. The number of aliphatic hydroxyl groups is 2. The molecule has 28 heavy (non-hydrogen) atoms. The molecule has 2 rings (SSSR count). The molecule has 160 valence electrons. The maximum absolute atomic E-state index is 12.2. The van der Waals surface area contributed by atoms with E-state index in [1.54, 1.807) is 0 Å². The van der Waals surface area contributed by atoms with Gasteiger partial charge in [-0.25, -0.2) is 18.5 Å². The first kappa shape index (κ1) is 23.4. The molecule has 0 spiro atoms. The number of hydrogen-bond acceptors (Lipinski definition) is 11. The third kappa shape index (κ3) is 5.17. The van der Waals surface area contributed by atoms with Gasteiger partial charge in [-0.3, -0.25) is 4.52 Å². The number of nitrogens with zero attached hydrogens (tertiary/aromatic N) is 2. The summed E-state index contributed by atoms with van der Waals surface area (Å²) in [6.45, 7) is -0.927. The van der Waals surface area contributed by atoms with E-state index in [0.717, 1.165) is 4.57 Å². The normalized spacial score (nSPS) is 27.5. The third-order valence-corrected chi connectivity index (χ3v) is 6.35. The van der Waals surface area contributed by atoms with E-state index in [0.29, 0.717) is 0 Å². The molecule has 0 radical (unpaired) electrons. The van der Waals surface area contributed by atoms with Crippen molar-refractivity contribution in [1.82, 2.24) is 9.55 Å². The highest BCUT2D eigenvalue weighted by molar-refractivity contribution is 9.10. The summed E-state index contributed by atoms with van der Waals surface area (Å²) in [5.41, 5.74) is 4.55. The molecule has 18 heteroatoms. The fourth-order valence-electron chi connectivity index (χ4n) is 2.33. The molecule has 5 atom stereocenters. The van der Waals surface area contributed by atoms with E-state index in [-0.39, 0.29) is 16.2 Å². The lowest BCUT2D eigenvalue weighted by atomic mass is 10.1. The number of aliphatic hydroxyl groups excluding tert-OH is 2. The van der Waals surface area contributed by atoms with Gasteiger partial charge in [0.05, 0.1) is 13.7 Å². The molecule has 0 bridgehead atoms. The second-order valence-corrected chi connectivity index (χ2v) is 8.98. The first-order chi connectivity index (χ1) is 12.8. The first-order valence-electron chi connectivity index (χ1n) is 7.14. The van der Waals surface area contributed by atoms with Crippen molar-refractivity contribution in [1.29, 1.82) is 0 Å². The summed E-state index contributed by atoms with van der Waals surface area (Å²) in [6.07, 6.45) is -6.52. The number of anilines is 1. The zero-order valence-electron chi connectivity index (χ0n) is 13.9. The molecule has 1 aliphatic rings. The van der Waals surface area contributed by atoms with Gasteiger partial charge in [-0.1, -0.05) is 0 Å². The zero-order valence-corrected chi connectivity index (χ0v) is 17.2. The smallest absolute Gasteiger partial charge is 0.481 e. The predicted molar refractivity (Wildman–Crippen MR) is 92.0 cm³/mol. The molecule has 7 N–H and O–H groups in total. The SMILES string of the molecule is COc1c(Br)c(N)nc(=O)n1[C@@H]1O[C@H](COP(=O)(O)OP(=O)(O)O)[C@@H](O)[C@H]1O. The lowest BCUT2D eigenvalue weighted by Gasteiger charge is -2.21. The molecule has 0 saturated carbocycles. The molecule has 1 saturated heterocycles. The van der Waals surface area contributed by atoms with Crippen molar-refractivity contribution in [3.63, 3.8) is 0 Å². The average Bonchev–Trinajstić information content (AvgIpc) is 2.82. The summed E-state index contributed by atoms with van der Waals surface area (Å²) in [5, 5.41) is 20.3. The van der Waals surface area contributed by atoms with Crippen LogP contribution >= 0.6 is 31.6 Å². The van der Waals surface area contributed by atoms with Crippen LogP contribution in [0.4, 0.5) is 5.82 Å². The number of rotatable bonds is 7. The number of methoxy groups -OCH3 is 1. The fraction of sp³-hybridized carbons (Fsp3) is 0.600. The van der Waals surface area contributed by atoms with Crippen LogP contribution in [0.3, 0.4) is 0 Å². The molecule has 1 aromatic heterocycles. The molecule has 1 aromatic rings. The maximum Gasteiger partial charge on any atom is 0.481 e. The van der Waals surface area contributed by atoms with E-state index in [2.05, 4.69) is 29.7 Å². The summed E-state index contributed by atoms with van der Waals surface area (Å²) in [5.74, 6) is -0.394. The summed E-state index contributed by atoms with van der Waals surface area (Å²) in [7, 11) is -9.36. The van der Waals surface area contributed by atoms with Crippen LogP contribution in [0.5, 0.6) is 5.88 Å². The van der Waals surface area contributed by atoms with Gasteiger partial charge in [0, 0.05) is 0 Å². The van der Waals surface area contributed by atoms with Gasteiger partial charge < -0.3 is 40.1 Å². The van der Waals surface area contributed by atoms with Crippen LogP contribution in [0.15, 0.2) is 9.27 Å². The van der Waals surface area contributed by atoms with Crippen LogP contribution in [0.25, 0.3) is 0 Å². The van der Waals surface area contributed by atoms with E-state index in [1.165, 1.54) is 7.11 Å². The molecule has 2 heterocycles. The van der Waals surface area contributed by atoms with Gasteiger partial charge >= 0.3 is 21.3 Å². The molecule has 1 aliphatic heterocycles. The molecule has 0 amide bonds. The van der Waals surface area contributed by atoms with Gasteiger partial charge in [-0.05, 0) is 15.9 Å². The Balaban J connectivity index is 2.24. The van der Waals surface area contributed by atoms with E-state index in [4.69, 9.17) is 25.0 Å². The molecule has 0 aromatic carbocycles. The summed E-state index contributed by atoms with van der Waals surface area (Å²) >= 11 is 3.05. The largest absolute Gasteiger partial charge is 0.481 e.